The van der Waals surface area contributed by atoms with Crippen LogP contribution in [-0.2, 0) is 0 Å². The maximum Gasteiger partial charge on any atom is 0.225 e. The fourth-order valence-corrected chi connectivity index (χ4v) is 1.46. The summed E-state index contributed by atoms with van der Waals surface area (Å²) >= 11 is 0. The lowest BCUT2D eigenvalue weighted by Crippen LogP contribution is -1.83. The summed E-state index contributed by atoms with van der Waals surface area (Å²) in [4.78, 5) is 4.04. The van der Waals surface area contributed by atoms with Gasteiger partial charge in [-0.2, -0.15) is 0 Å². The average Bonchev–Trinajstić information content (AvgIpc) is 2.88. The van der Waals surface area contributed by atoms with Crippen LogP contribution in [0, 0.1) is 0 Å². The number of anilines is 1. The number of fused-ring (bicyclic) bond motifs is 1. The van der Waals surface area contributed by atoms with E-state index in [1.165, 1.54) is 6.26 Å². The zero-order valence-corrected chi connectivity index (χ0v) is 7.68. The molecule has 2 heterocycles. The zero-order chi connectivity index (χ0) is 10.3. The van der Waals surface area contributed by atoms with Crippen LogP contribution in [0.1, 0.15) is 0 Å². The highest BCUT2D eigenvalue weighted by Crippen LogP contribution is 2.26. The SMILES string of the molecule is Nc1noc2cc(-c3ncco3)ccc12. The fourth-order valence-electron chi connectivity index (χ4n) is 1.46. The molecule has 0 amide bonds. The van der Waals surface area contributed by atoms with Gasteiger partial charge in [0, 0.05) is 5.56 Å². The van der Waals surface area contributed by atoms with Gasteiger partial charge in [0.15, 0.2) is 11.4 Å². The number of aromatic nitrogens is 2. The number of nitrogens with zero attached hydrogens (tertiary/aromatic N) is 2. The standard InChI is InChI=1S/C10H7N3O2/c11-9-7-2-1-6(5-8(7)15-13-9)10-12-3-4-14-10/h1-5H,(H2,11,13). The van der Waals surface area contributed by atoms with E-state index < -0.39 is 0 Å². The van der Waals surface area contributed by atoms with Gasteiger partial charge in [0.2, 0.25) is 5.89 Å². The topological polar surface area (TPSA) is 78.1 Å². The van der Waals surface area contributed by atoms with Gasteiger partial charge in [0.05, 0.1) is 11.6 Å². The van der Waals surface area contributed by atoms with Crippen molar-refractivity contribution in [3.05, 3.63) is 30.7 Å². The van der Waals surface area contributed by atoms with Crippen LogP contribution in [0.2, 0.25) is 0 Å². The van der Waals surface area contributed by atoms with E-state index in [4.69, 9.17) is 14.7 Å². The van der Waals surface area contributed by atoms with Gasteiger partial charge in [-0.05, 0) is 18.2 Å². The maximum atomic E-state index is 5.60. The van der Waals surface area contributed by atoms with Crippen molar-refractivity contribution >= 4 is 16.8 Å². The van der Waals surface area contributed by atoms with Gasteiger partial charge < -0.3 is 14.7 Å². The minimum Gasteiger partial charge on any atom is -0.445 e. The molecule has 2 aromatic heterocycles. The van der Waals surface area contributed by atoms with E-state index in [0.717, 1.165) is 10.9 Å². The van der Waals surface area contributed by atoms with E-state index in [9.17, 15) is 0 Å². The normalized spacial score (nSPS) is 10.9. The minimum atomic E-state index is 0.393. The Bertz CT molecular complexity index is 598. The smallest absolute Gasteiger partial charge is 0.225 e. The molecule has 0 saturated heterocycles. The Morgan fingerprint density at radius 3 is 3.00 bits per heavy atom. The molecule has 0 atom stereocenters. The Hall–Kier alpha value is -2.30. The van der Waals surface area contributed by atoms with Crippen molar-refractivity contribution in [1.82, 2.24) is 10.1 Å². The Labute approximate surface area is 84.5 Å². The van der Waals surface area contributed by atoms with Crippen molar-refractivity contribution in [3.63, 3.8) is 0 Å². The molecule has 0 spiro atoms. The Kier molecular flexibility index (Phi) is 1.53. The largest absolute Gasteiger partial charge is 0.445 e. The number of oxazole rings is 1. The predicted octanol–water partition coefficient (Wildman–Crippen LogP) is 2.06. The third-order valence-electron chi connectivity index (χ3n) is 2.18. The van der Waals surface area contributed by atoms with Crippen molar-refractivity contribution in [2.24, 2.45) is 0 Å². The second-order valence-electron chi connectivity index (χ2n) is 3.12. The second kappa shape index (κ2) is 2.84. The van der Waals surface area contributed by atoms with Crippen molar-refractivity contribution in [1.29, 1.82) is 0 Å². The molecule has 0 fully saturated rings. The molecule has 1 aromatic carbocycles. The molecule has 3 rings (SSSR count). The maximum absolute atomic E-state index is 5.60. The molecule has 5 heteroatoms. The van der Waals surface area contributed by atoms with Crippen molar-refractivity contribution in [2.75, 3.05) is 5.73 Å². The summed E-state index contributed by atoms with van der Waals surface area (Å²) in [5.41, 5.74) is 7.07. The quantitative estimate of drug-likeness (QED) is 0.651. The van der Waals surface area contributed by atoms with Crippen LogP contribution in [0.25, 0.3) is 22.4 Å². The van der Waals surface area contributed by atoms with Crippen LogP contribution in [0.15, 0.2) is 39.6 Å². The summed E-state index contributed by atoms with van der Waals surface area (Å²) < 4.78 is 10.2. The molecule has 0 aliphatic carbocycles. The predicted molar refractivity (Wildman–Crippen MR) is 53.9 cm³/mol. The molecule has 74 valence electrons. The van der Waals surface area contributed by atoms with E-state index in [1.807, 2.05) is 12.1 Å². The molecule has 0 aliphatic heterocycles. The fraction of sp³-hybridized carbons (Fsp3) is 0. The van der Waals surface area contributed by atoms with Gasteiger partial charge in [-0.25, -0.2) is 4.98 Å². The molecule has 0 bridgehead atoms. The first-order chi connectivity index (χ1) is 7.34. The zero-order valence-electron chi connectivity index (χ0n) is 7.68. The van der Waals surface area contributed by atoms with Crippen molar-refractivity contribution in [3.8, 4) is 11.5 Å². The number of benzene rings is 1. The number of rotatable bonds is 1. The molecule has 0 unspecified atom stereocenters. The van der Waals surface area contributed by atoms with Gasteiger partial charge in [-0.15, -0.1) is 0 Å². The highest BCUT2D eigenvalue weighted by atomic mass is 16.5. The van der Waals surface area contributed by atoms with Crippen LogP contribution in [-0.4, -0.2) is 10.1 Å². The minimum absolute atomic E-state index is 0.393. The first-order valence-corrected chi connectivity index (χ1v) is 4.39. The summed E-state index contributed by atoms with van der Waals surface area (Å²) in [6, 6.07) is 5.49. The first-order valence-electron chi connectivity index (χ1n) is 4.39. The van der Waals surface area contributed by atoms with E-state index in [1.54, 1.807) is 12.3 Å². The lowest BCUT2D eigenvalue weighted by Gasteiger charge is -1.93. The lowest BCUT2D eigenvalue weighted by atomic mass is 10.1. The number of nitrogens with two attached hydrogens (primary N) is 1. The summed E-state index contributed by atoms with van der Waals surface area (Å²) in [5.74, 6) is 0.941. The lowest BCUT2D eigenvalue weighted by molar-refractivity contribution is 0.460. The molecular formula is C10H7N3O2. The highest BCUT2D eigenvalue weighted by molar-refractivity contribution is 5.89. The van der Waals surface area contributed by atoms with Crippen LogP contribution >= 0.6 is 0 Å². The third-order valence-corrected chi connectivity index (χ3v) is 2.18. The third kappa shape index (κ3) is 1.17. The Morgan fingerprint density at radius 2 is 2.20 bits per heavy atom. The van der Waals surface area contributed by atoms with Gasteiger partial charge in [0.1, 0.15) is 6.26 Å². The molecule has 0 radical (unpaired) electrons. The van der Waals surface area contributed by atoms with Gasteiger partial charge in [-0.1, -0.05) is 5.16 Å². The van der Waals surface area contributed by atoms with Crippen LogP contribution in [0.3, 0.4) is 0 Å². The van der Waals surface area contributed by atoms with E-state index in [2.05, 4.69) is 10.1 Å². The van der Waals surface area contributed by atoms with Crippen molar-refractivity contribution < 1.29 is 8.94 Å². The molecule has 0 aliphatic rings. The molecule has 0 saturated carbocycles. The second-order valence-corrected chi connectivity index (χ2v) is 3.12. The molecule has 3 aromatic rings. The van der Waals surface area contributed by atoms with E-state index in [0.29, 0.717) is 17.3 Å². The van der Waals surface area contributed by atoms with Crippen molar-refractivity contribution in [2.45, 2.75) is 0 Å². The van der Waals surface area contributed by atoms with Gasteiger partial charge in [-0.3, -0.25) is 0 Å². The van der Waals surface area contributed by atoms with Crippen LogP contribution < -0.4 is 5.73 Å². The Balaban J connectivity index is 2.23. The van der Waals surface area contributed by atoms with Gasteiger partial charge in [0.25, 0.3) is 0 Å². The number of hydrogen-bond donors (Lipinski definition) is 1. The molecule has 2 N–H and O–H groups in total. The summed E-state index contributed by atoms with van der Waals surface area (Å²) in [5, 5.41) is 4.47. The number of hydrogen-bond acceptors (Lipinski definition) is 5. The molecule has 15 heavy (non-hydrogen) atoms. The average molecular weight is 201 g/mol. The van der Waals surface area contributed by atoms with Crippen LogP contribution in [0.5, 0.6) is 0 Å². The summed E-state index contributed by atoms with van der Waals surface area (Å²) in [6.45, 7) is 0. The summed E-state index contributed by atoms with van der Waals surface area (Å²) in [6.07, 6.45) is 3.11. The Morgan fingerprint density at radius 1 is 1.27 bits per heavy atom. The molecular weight excluding hydrogens is 194 g/mol. The monoisotopic (exact) mass is 201 g/mol. The van der Waals surface area contributed by atoms with Gasteiger partial charge >= 0.3 is 0 Å². The first kappa shape index (κ1) is 8.05. The highest BCUT2D eigenvalue weighted by Gasteiger charge is 2.08. The number of nitrogen functional groups attached to an aromatic ring is 1. The van der Waals surface area contributed by atoms with Crippen LogP contribution in [0.4, 0.5) is 5.82 Å². The summed E-state index contributed by atoms with van der Waals surface area (Å²) in [7, 11) is 0. The van der Waals surface area contributed by atoms with E-state index in [-0.39, 0.29) is 0 Å². The molecule has 5 nitrogen and oxygen atoms in total. The van der Waals surface area contributed by atoms with E-state index >= 15 is 0 Å².